The highest BCUT2D eigenvalue weighted by atomic mass is 32.1. The molecule has 0 N–H and O–H groups in total. The third kappa shape index (κ3) is 4.68. The van der Waals surface area contributed by atoms with Crippen molar-refractivity contribution in [3.05, 3.63) is 69.9 Å². The van der Waals surface area contributed by atoms with Crippen LogP contribution in [0.25, 0.3) is 12.2 Å². The minimum absolute atomic E-state index is 0.641. The fourth-order valence-electron chi connectivity index (χ4n) is 4.43. The lowest BCUT2D eigenvalue weighted by Gasteiger charge is -2.35. The first-order chi connectivity index (χ1) is 16.2. The zero-order chi connectivity index (χ0) is 22.6. The minimum atomic E-state index is 0.641. The number of ether oxygens (including phenoxy) is 1. The summed E-state index contributed by atoms with van der Waals surface area (Å²) in [7, 11) is 1.69. The molecule has 2 aliphatic heterocycles. The van der Waals surface area contributed by atoms with Gasteiger partial charge in [-0.05, 0) is 48.5 Å². The Hall–Kier alpha value is -3.09. The Morgan fingerprint density at radius 3 is 2.36 bits per heavy atom. The van der Waals surface area contributed by atoms with Gasteiger partial charge in [0.15, 0.2) is 0 Å². The molecule has 1 saturated heterocycles. The third-order valence-electron chi connectivity index (χ3n) is 6.44. The zero-order valence-corrected chi connectivity index (χ0v) is 20.1. The van der Waals surface area contributed by atoms with Gasteiger partial charge in [-0.1, -0.05) is 31.2 Å². The van der Waals surface area contributed by atoms with E-state index in [9.17, 15) is 0 Å². The number of piperazine rings is 1. The number of methoxy groups -OCH3 is 1. The molecule has 2 aromatic carbocycles. The lowest BCUT2D eigenvalue weighted by atomic mass is 10.1. The van der Waals surface area contributed by atoms with Crippen LogP contribution in [0, 0.1) is 0 Å². The van der Waals surface area contributed by atoms with Crippen LogP contribution in [0.2, 0.25) is 0 Å². The van der Waals surface area contributed by atoms with Gasteiger partial charge >= 0.3 is 0 Å². The SMILES string of the molecule is CCN1CCN(c2ccc(N3CN=Cc4scc(/C=C/c5ccc(OC)cc5)c43)cc2)CC1. The summed E-state index contributed by atoms with van der Waals surface area (Å²) in [6.45, 7) is 8.49. The summed E-state index contributed by atoms with van der Waals surface area (Å²) in [5.41, 5.74) is 6.10. The van der Waals surface area contributed by atoms with Crippen LogP contribution in [0.4, 0.5) is 17.1 Å². The normalized spacial score (nSPS) is 16.4. The van der Waals surface area contributed by atoms with Crippen molar-refractivity contribution in [2.24, 2.45) is 4.99 Å². The summed E-state index contributed by atoms with van der Waals surface area (Å²) in [4.78, 5) is 13.1. The Morgan fingerprint density at radius 1 is 0.939 bits per heavy atom. The lowest BCUT2D eigenvalue weighted by molar-refractivity contribution is 0.271. The minimum Gasteiger partial charge on any atom is -0.497 e. The molecule has 1 fully saturated rings. The monoisotopic (exact) mass is 458 g/mol. The van der Waals surface area contributed by atoms with Gasteiger partial charge < -0.3 is 19.4 Å². The summed E-state index contributed by atoms with van der Waals surface area (Å²) in [6.07, 6.45) is 6.36. The predicted octanol–water partition coefficient (Wildman–Crippen LogP) is 5.60. The second kappa shape index (κ2) is 9.81. The number of hydrogen-bond acceptors (Lipinski definition) is 6. The molecule has 1 aromatic heterocycles. The van der Waals surface area contributed by atoms with Crippen LogP contribution in [0.5, 0.6) is 5.75 Å². The fraction of sp³-hybridized carbons (Fsp3) is 0.296. The van der Waals surface area contributed by atoms with Crippen molar-refractivity contribution >= 4 is 46.8 Å². The molecule has 0 unspecified atom stereocenters. The number of likely N-dealkylation sites (N-methyl/N-ethyl adjacent to an activating group) is 1. The largest absolute Gasteiger partial charge is 0.497 e. The zero-order valence-electron chi connectivity index (χ0n) is 19.3. The molecule has 6 heteroatoms. The van der Waals surface area contributed by atoms with Crippen LogP contribution in [-0.2, 0) is 0 Å². The molecule has 33 heavy (non-hydrogen) atoms. The number of thiophene rings is 1. The first-order valence-electron chi connectivity index (χ1n) is 11.5. The maximum absolute atomic E-state index is 5.27. The molecule has 5 rings (SSSR count). The maximum Gasteiger partial charge on any atom is 0.118 e. The molecule has 0 radical (unpaired) electrons. The topological polar surface area (TPSA) is 31.3 Å². The molecule has 5 nitrogen and oxygen atoms in total. The second-order valence-corrected chi connectivity index (χ2v) is 9.24. The van der Waals surface area contributed by atoms with Gasteiger partial charge in [0.1, 0.15) is 12.4 Å². The van der Waals surface area contributed by atoms with Gasteiger partial charge in [0.25, 0.3) is 0 Å². The molecule has 0 saturated carbocycles. The van der Waals surface area contributed by atoms with Crippen molar-refractivity contribution in [1.82, 2.24) is 4.90 Å². The maximum atomic E-state index is 5.27. The summed E-state index contributed by atoms with van der Waals surface area (Å²) in [5, 5.41) is 2.22. The molecule has 0 bridgehead atoms. The van der Waals surface area contributed by atoms with Gasteiger partial charge in [-0.2, -0.15) is 0 Å². The molecular formula is C27H30N4OS. The van der Waals surface area contributed by atoms with E-state index in [1.54, 1.807) is 18.4 Å². The molecule has 2 aliphatic rings. The first kappa shape index (κ1) is 21.7. The highest BCUT2D eigenvalue weighted by Gasteiger charge is 2.21. The van der Waals surface area contributed by atoms with E-state index in [0.717, 1.165) is 44.0 Å². The Morgan fingerprint density at radius 2 is 1.67 bits per heavy atom. The standard InChI is InChI=1S/C27H30N4OS/c1-3-29-14-16-30(17-15-29)23-8-10-24(11-9-23)31-20-28-18-26-27(31)22(19-33-26)7-4-21-5-12-25(32-2)13-6-21/h4-13,18-19H,3,14-17,20H2,1-2H3/b7-4+. The Bertz CT molecular complexity index is 1130. The van der Waals surface area contributed by atoms with Gasteiger partial charge in [-0.3, -0.25) is 4.99 Å². The predicted molar refractivity (Wildman–Crippen MR) is 142 cm³/mol. The Kier molecular flexibility index (Phi) is 6.46. The van der Waals surface area contributed by atoms with Crippen LogP contribution in [0.15, 0.2) is 58.9 Å². The van der Waals surface area contributed by atoms with E-state index in [1.807, 2.05) is 18.3 Å². The van der Waals surface area contributed by atoms with Gasteiger partial charge in [0.05, 0.1) is 17.7 Å². The number of anilines is 3. The number of nitrogens with zero attached hydrogens (tertiary/aromatic N) is 4. The molecule has 0 spiro atoms. The number of benzene rings is 2. The van der Waals surface area contributed by atoms with Crippen LogP contribution in [-0.4, -0.2) is 57.6 Å². The molecule has 0 aliphatic carbocycles. The molecule has 0 amide bonds. The van der Waals surface area contributed by atoms with Gasteiger partial charge in [0.2, 0.25) is 0 Å². The number of aliphatic imine (C=N–C) groups is 1. The molecule has 170 valence electrons. The van der Waals surface area contributed by atoms with Crippen molar-refractivity contribution in [1.29, 1.82) is 0 Å². The van der Waals surface area contributed by atoms with Crippen molar-refractivity contribution in [2.45, 2.75) is 6.92 Å². The summed E-state index contributed by atoms with van der Waals surface area (Å²) >= 11 is 1.74. The lowest BCUT2D eigenvalue weighted by Crippen LogP contribution is -2.46. The summed E-state index contributed by atoms with van der Waals surface area (Å²) < 4.78 is 5.27. The average molecular weight is 459 g/mol. The van der Waals surface area contributed by atoms with E-state index in [4.69, 9.17) is 4.74 Å². The average Bonchev–Trinajstić information content (AvgIpc) is 3.31. The number of fused-ring (bicyclic) bond motifs is 1. The second-order valence-electron chi connectivity index (χ2n) is 8.33. The summed E-state index contributed by atoms with van der Waals surface area (Å²) in [5.74, 6) is 0.873. The number of rotatable bonds is 6. The van der Waals surface area contributed by atoms with E-state index < -0.39 is 0 Å². The first-order valence-corrected chi connectivity index (χ1v) is 12.4. The van der Waals surface area contributed by atoms with Crippen LogP contribution in [0.1, 0.15) is 22.9 Å². The Labute approximate surface area is 200 Å². The number of hydrogen-bond donors (Lipinski definition) is 0. The van der Waals surface area contributed by atoms with Crippen LogP contribution < -0.4 is 14.5 Å². The molecular weight excluding hydrogens is 428 g/mol. The Balaban J connectivity index is 1.35. The van der Waals surface area contributed by atoms with E-state index in [0.29, 0.717) is 6.67 Å². The third-order valence-corrected chi connectivity index (χ3v) is 7.36. The fourth-order valence-corrected chi connectivity index (χ4v) is 5.35. The van der Waals surface area contributed by atoms with Crippen molar-refractivity contribution in [2.75, 3.05) is 56.3 Å². The van der Waals surface area contributed by atoms with Crippen LogP contribution >= 0.6 is 11.3 Å². The highest BCUT2D eigenvalue weighted by molar-refractivity contribution is 7.12. The van der Waals surface area contributed by atoms with E-state index in [-0.39, 0.29) is 0 Å². The van der Waals surface area contributed by atoms with Gasteiger partial charge in [0, 0.05) is 54.7 Å². The van der Waals surface area contributed by atoms with Gasteiger partial charge in [-0.25, -0.2) is 0 Å². The van der Waals surface area contributed by atoms with Crippen molar-refractivity contribution < 1.29 is 4.74 Å². The highest BCUT2D eigenvalue weighted by Crippen LogP contribution is 2.39. The molecule has 0 atom stereocenters. The smallest absolute Gasteiger partial charge is 0.118 e. The van der Waals surface area contributed by atoms with E-state index >= 15 is 0 Å². The van der Waals surface area contributed by atoms with E-state index in [2.05, 4.69) is 80.5 Å². The molecule has 3 aromatic rings. The quantitative estimate of drug-likeness (QED) is 0.481. The van der Waals surface area contributed by atoms with Crippen LogP contribution in [0.3, 0.4) is 0 Å². The van der Waals surface area contributed by atoms with Gasteiger partial charge in [-0.15, -0.1) is 11.3 Å². The molecule has 3 heterocycles. The van der Waals surface area contributed by atoms with Crippen molar-refractivity contribution in [3.63, 3.8) is 0 Å². The van der Waals surface area contributed by atoms with E-state index in [1.165, 1.54) is 27.5 Å². The summed E-state index contributed by atoms with van der Waals surface area (Å²) in [6, 6.07) is 17.1. The van der Waals surface area contributed by atoms with Crippen molar-refractivity contribution in [3.8, 4) is 5.75 Å².